The molecule has 0 amide bonds. The highest BCUT2D eigenvalue weighted by atomic mass is 15.2. The van der Waals surface area contributed by atoms with Crippen molar-refractivity contribution in [1.82, 2.24) is 14.9 Å². The van der Waals surface area contributed by atoms with Gasteiger partial charge in [0.1, 0.15) is 12.0 Å². The summed E-state index contributed by atoms with van der Waals surface area (Å²) in [6, 6.07) is 10.9. The van der Waals surface area contributed by atoms with Crippen LogP contribution in [0.15, 0.2) is 36.7 Å². The monoisotopic (exact) mass is 340 g/mol. The van der Waals surface area contributed by atoms with E-state index in [1.54, 1.807) is 6.33 Å². The van der Waals surface area contributed by atoms with Crippen molar-refractivity contribution in [3.8, 4) is 0 Å². The van der Waals surface area contributed by atoms with Crippen LogP contribution in [0.2, 0.25) is 0 Å². The number of nitrogens with one attached hydrogen (secondary N) is 1. The van der Waals surface area contributed by atoms with Crippen molar-refractivity contribution in [2.24, 2.45) is 0 Å². The number of piperidine rings is 1. The van der Waals surface area contributed by atoms with Crippen molar-refractivity contribution < 1.29 is 0 Å². The lowest BCUT2D eigenvalue weighted by Gasteiger charge is -2.36. The van der Waals surface area contributed by atoms with Gasteiger partial charge < -0.3 is 20.9 Å². The Kier molecular flexibility index (Phi) is 5.38. The second kappa shape index (κ2) is 7.70. The van der Waals surface area contributed by atoms with Gasteiger partial charge in [-0.1, -0.05) is 30.3 Å². The van der Waals surface area contributed by atoms with E-state index in [1.165, 1.54) is 5.56 Å². The number of nitrogen functional groups attached to an aromatic ring is 1. The van der Waals surface area contributed by atoms with Crippen molar-refractivity contribution in [3.63, 3.8) is 0 Å². The van der Waals surface area contributed by atoms with Crippen LogP contribution in [0.4, 0.5) is 17.3 Å². The lowest BCUT2D eigenvalue weighted by Crippen LogP contribution is -2.42. The summed E-state index contributed by atoms with van der Waals surface area (Å²) in [5.74, 6) is 1.51. The molecule has 6 heteroatoms. The summed E-state index contributed by atoms with van der Waals surface area (Å²) in [4.78, 5) is 13.4. The number of aromatic nitrogens is 2. The first-order chi connectivity index (χ1) is 12.1. The zero-order chi connectivity index (χ0) is 17.8. The van der Waals surface area contributed by atoms with Gasteiger partial charge in [0.25, 0.3) is 0 Å². The van der Waals surface area contributed by atoms with Crippen LogP contribution in [0.5, 0.6) is 0 Å². The minimum atomic E-state index is 0.125. The molecule has 1 aliphatic rings. The number of nitrogens with two attached hydrogens (primary N) is 1. The zero-order valence-corrected chi connectivity index (χ0v) is 15.3. The summed E-state index contributed by atoms with van der Waals surface area (Å²) < 4.78 is 0. The Balaban J connectivity index is 1.75. The molecule has 2 heterocycles. The molecule has 0 bridgehead atoms. The zero-order valence-electron chi connectivity index (χ0n) is 15.3. The minimum Gasteiger partial charge on any atom is -0.393 e. The molecule has 0 radical (unpaired) electrons. The first-order valence-corrected chi connectivity index (χ1v) is 8.89. The van der Waals surface area contributed by atoms with Crippen molar-refractivity contribution >= 4 is 17.3 Å². The van der Waals surface area contributed by atoms with Gasteiger partial charge in [0, 0.05) is 13.1 Å². The van der Waals surface area contributed by atoms with Crippen molar-refractivity contribution in [2.75, 3.05) is 43.1 Å². The van der Waals surface area contributed by atoms with Crippen LogP contribution in [0.1, 0.15) is 31.4 Å². The fourth-order valence-corrected chi connectivity index (χ4v) is 3.37. The number of hydrogen-bond acceptors (Lipinski definition) is 6. The summed E-state index contributed by atoms with van der Waals surface area (Å²) in [7, 11) is 4.25. The van der Waals surface area contributed by atoms with Crippen LogP contribution < -0.4 is 16.0 Å². The number of anilines is 3. The molecule has 1 saturated heterocycles. The standard InChI is InChI=1S/C19H28N6/c1-14(15-7-5-4-6-8-15)23-18-17(20)19(22-13-21-18)25(3)16-9-11-24(2)12-10-16/h4-8,13-14,16H,9-12,20H2,1-3H3,(H,21,22,23). The third kappa shape index (κ3) is 4.02. The Hall–Kier alpha value is -2.34. The van der Waals surface area contributed by atoms with Gasteiger partial charge in [-0.15, -0.1) is 0 Å². The van der Waals surface area contributed by atoms with Crippen LogP contribution in [-0.4, -0.2) is 48.1 Å². The quantitative estimate of drug-likeness (QED) is 0.872. The molecule has 0 saturated carbocycles. The topological polar surface area (TPSA) is 70.3 Å². The van der Waals surface area contributed by atoms with Gasteiger partial charge in [0.2, 0.25) is 0 Å². The largest absolute Gasteiger partial charge is 0.393 e. The van der Waals surface area contributed by atoms with E-state index in [9.17, 15) is 0 Å². The predicted octanol–water partition coefficient (Wildman–Crippen LogP) is 2.76. The van der Waals surface area contributed by atoms with E-state index >= 15 is 0 Å². The maximum atomic E-state index is 6.41. The molecule has 1 aromatic carbocycles. The van der Waals surface area contributed by atoms with E-state index in [4.69, 9.17) is 5.73 Å². The lowest BCUT2D eigenvalue weighted by atomic mass is 10.0. The SMILES string of the molecule is CC(Nc1ncnc(N(C)C2CCN(C)CC2)c1N)c1ccccc1. The minimum absolute atomic E-state index is 0.125. The first kappa shape index (κ1) is 17.5. The second-order valence-electron chi connectivity index (χ2n) is 6.88. The van der Waals surface area contributed by atoms with Crippen LogP contribution in [-0.2, 0) is 0 Å². The smallest absolute Gasteiger partial charge is 0.157 e. The Morgan fingerprint density at radius 3 is 2.56 bits per heavy atom. The summed E-state index contributed by atoms with van der Waals surface area (Å²) in [5.41, 5.74) is 8.22. The second-order valence-corrected chi connectivity index (χ2v) is 6.88. The molecule has 1 atom stereocenters. The molecule has 25 heavy (non-hydrogen) atoms. The number of nitrogens with zero attached hydrogens (tertiary/aromatic N) is 4. The van der Waals surface area contributed by atoms with Gasteiger partial charge >= 0.3 is 0 Å². The summed E-state index contributed by atoms with van der Waals surface area (Å²) >= 11 is 0. The van der Waals surface area contributed by atoms with E-state index in [-0.39, 0.29) is 6.04 Å². The fraction of sp³-hybridized carbons (Fsp3) is 0.474. The maximum Gasteiger partial charge on any atom is 0.157 e. The molecule has 1 unspecified atom stereocenters. The number of hydrogen-bond donors (Lipinski definition) is 2. The van der Waals surface area contributed by atoms with E-state index in [0.717, 1.165) is 31.7 Å². The molecule has 1 fully saturated rings. The van der Waals surface area contributed by atoms with E-state index in [0.29, 0.717) is 17.5 Å². The highest BCUT2D eigenvalue weighted by Gasteiger charge is 2.24. The van der Waals surface area contributed by atoms with Crippen LogP contribution in [0.25, 0.3) is 0 Å². The Morgan fingerprint density at radius 2 is 1.88 bits per heavy atom. The molecule has 6 nitrogen and oxygen atoms in total. The third-order valence-electron chi connectivity index (χ3n) is 5.09. The van der Waals surface area contributed by atoms with Crippen LogP contribution in [0, 0.1) is 0 Å². The van der Waals surface area contributed by atoms with E-state index in [1.807, 2.05) is 18.2 Å². The summed E-state index contributed by atoms with van der Waals surface area (Å²) in [6.45, 7) is 4.32. The van der Waals surface area contributed by atoms with Gasteiger partial charge in [0.05, 0.1) is 6.04 Å². The predicted molar refractivity (Wildman–Crippen MR) is 104 cm³/mol. The van der Waals surface area contributed by atoms with Crippen molar-refractivity contribution in [3.05, 3.63) is 42.2 Å². The molecule has 3 rings (SSSR count). The van der Waals surface area contributed by atoms with Gasteiger partial charge in [-0.25, -0.2) is 9.97 Å². The van der Waals surface area contributed by atoms with Gasteiger partial charge in [-0.3, -0.25) is 0 Å². The van der Waals surface area contributed by atoms with Crippen LogP contribution in [0.3, 0.4) is 0 Å². The molecule has 3 N–H and O–H groups in total. The Bertz CT molecular complexity index is 682. The molecular formula is C19H28N6. The van der Waals surface area contributed by atoms with E-state index in [2.05, 4.69) is 58.2 Å². The highest BCUT2D eigenvalue weighted by Crippen LogP contribution is 2.30. The van der Waals surface area contributed by atoms with E-state index < -0.39 is 0 Å². The van der Waals surface area contributed by atoms with Crippen molar-refractivity contribution in [1.29, 1.82) is 0 Å². The molecule has 1 aromatic heterocycles. The van der Waals surface area contributed by atoms with Gasteiger partial charge in [0.15, 0.2) is 11.6 Å². The van der Waals surface area contributed by atoms with Crippen molar-refractivity contribution in [2.45, 2.75) is 31.8 Å². The molecule has 134 valence electrons. The number of rotatable bonds is 5. The fourth-order valence-electron chi connectivity index (χ4n) is 3.37. The average molecular weight is 340 g/mol. The molecular weight excluding hydrogens is 312 g/mol. The van der Waals surface area contributed by atoms with Crippen LogP contribution >= 0.6 is 0 Å². The normalized spacial score (nSPS) is 17.2. The molecule has 1 aliphatic heterocycles. The third-order valence-corrected chi connectivity index (χ3v) is 5.09. The highest BCUT2D eigenvalue weighted by molar-refractivity contribution is 5.75. The Morgan fingerprint density at radius 1 is 1.20 bits per heavy atom. The Labute approximate surface area is 150 Å². The first-order valence-electron chi connectivity index (χ1n) is 8.89. The summed E-state index contributed by atoms with van der Waals surface area (Å²) in [6.07, 6.45) is 3.84. The maximum absolute atomic E-state index is 6.41. The van der Waals surface area contributed by atoms with Gasteiger partial charge in [-0.2, -0.15) is 0 Å². The lowest BCUT2D eigenvalue weighted by molar-refractivity contribution is 0.252. The summed E-state index contributed by atoms with van der Waals surface area (Å²) in [5, 5.41) is 3.42. The molecule has 2 aromatic rings. The molecule has 0 spiro atoms. The molecule has 0 aliphatic carbocycles. The number of likely N-dealkylation sites (tertiary alicyclic amines) is 1. The number of benzene rings is 1. The average Bonchev–Trinajstić information content (AvgIpc) is 2.64. The van der Waals surface area contributed by atoms with Gasteiger partial charge in [-0.05, 0) is 45.5 Å².